The molecule has 1 N–H and O–H groups in total. The van der Waals surface area contributed by atoms with Crippen molar-refractivity contribution in [1.29, 1.82) is 0 Å². The van der Waals surface area contributed by atoms with Gasteiger partial charge in [0.05, 0.1) is 5.92 Å². The normalized spacial score (nSPS) is 29.2. The maximum Gasteiger partial charge on any atom is 0.257 e. The average Bonchev–Trinajstić information content (AvgIpc) is 2.65. The Kier molecular flexibility index (Phi) is 3.41. The van der Waals surface area contributed by atoms with Crippen LogP contribution in [0.5, 0.6) is 0 Å². The molecule has 0 aromatic rings. The first kappa shape index (κ1) is 11.8. The van der Waals surface area contributed by atoms with E-state index in [1.165, 1.54) is 6.42 Å². The van der Waals surface area contributed by atoms with Gasteiger partial charge in [-0.1, -0.05) is 12.8 Å². The van der Waals surface area contributed by atoms with Gasteiger partial charge in [0, 0.05) is 31.9 Å². The van der Waals surface area contributed by atoms with Gasteiger partial charge in [0.1, 0.15) is 0 Å². The Hall–Kier alpha value is -1.23. The van der Waals surface area contributed by atoms with Crippen molar-refractivity contribution in [3.63, 3.8) is 0 Å². The fraction of sp³-hybridized carbons (Fsp3) is 0.769. The summed E-state index contributed by atoms with van der Waals surface area (Å²) in [6.07, 6.45) is 5.43. The summed E-state index contributed by atoms with van der Waals surface area (Å²) in [5.41, 5.74) is 1.08. The minimum atomic E-state index is -0.0147. The molecule has 1 aliphatic carbocycles. The van der Waals surface area contributed by atoms with Gasteiger partial charge in [-0.15, -0.1) is 0 Å². The number of carbonyl (C=O) groups excluding carboxylic acids is 1. The zero-order valence-corrected chi connectivity index (χ0v) is 10.7. The first-order chi connectivity index (χ1) is 8.84. The van der Waals surface area contributed by atoms with Gasteiger partial charge in [-0.3, -0.25) is 4.79 Å². The third kappa shape index (κ3) is 2.32. The lowest BCUT2D eigenvalue weighted by molar-refractivity contribution is -0.120. The van der Waals surface area contributed by atoms with Crippen LogP contribution in [0.3, 0.4) is 0 Å². The molecular weight excluding hydrogens is 228 g/mol. The molecule has 5 heteroatoms. The summed E-state index contributed by atoms with van der Waals surface area (Å²) in [6.45, 7) is 3.68. The van der Waals surface area contributed by atoms with E-state index < -0.39 is 0 Å². The van der Waals surface area contributed by atoms with Crippen molar-refractivity contribution in [2.45, 2.75) is 32.1 Å². The molecule has 1 amide bonds. The maximum absolute atomic E-state index is 12.1. The van der Waals surface area contributed by atoms with E-state index in [9.17, 15) is 4.79 Å². The number of rotatable bonds is 0. The van der Waals surface area contributed by atoms with E-state index >= 15 is 0 Å². The summed E-state index contributed by atoms with van der Waals surface area (Å²) in [5.74, 6) is 0.684. The predicted octanol–water partition coefficient (Wildman–Crippen LogP) is 0.809. The number of hydrogen-bond acceptors (Lipinski definition) is 4. The van der Waals surface area contributed by atoms with Gasteiger partial charge in [0.2, 0.25) is 5.96 Å². The van der Waals surface area contributed by atoms with E-state index in [4.69, 9.17) is 0 Å². The van der Waals surface area contributed by atoms with Crippen LogP contribution in [0.2, 0.25) is 0 Å². The van der Waals surface area contributed by atoms with Gasteiger partial charge < -0.3 is 10.2 Å². The molecule has 1 unspecified atom stereocenters. The number of hydrogen-bond donors (Lipinski definition) is 1. The van der Waals surface area contributed by atoms with Crippen LogP contribution in [-0.2, 0) is 4.79 Å². The minimum Gasteiger partial charge on any atom is -0.338 e. The maximum atomic E-state index is 12.1. The lowest BCUT2D eigenvalue weighted by Gasteiger charge is -2.30. The molecule has 0 bridgehead atoms. The summed E-state index contributed by atoms with van der Waals surface area (Å²) in [5, 5.41) is 3.30. The van der Waals surface area contributed by atoms with Crippen LogP contribution < -0.4 is 5.32 Å². The van der Waals surface area contributed by atoms with E-state index in [1.807, 2.05) is 0 Å². The third-order valence-electron chi connectivity index (χ3n) is 3.98. The molecule has 1 saturated carbocycles. The SMILES string of the molecule is O=C1N=C(N2CCNCC2)N=C2CCCCCC12. The number of amides is 1. The first-order valence-corrected chi connectivity index (χ1v) is 7.00. The fourth-order valence-corrected chi connectivity index (χ4v) is 2.91. The number of aliphatic imine (C=N–C) groups is 2. The Bertz CT molecular complexity index is 396. The zero-order valence-electron chi connectivity index (χ0n) is 10.7. The molecule has 2 heterocycles. The van der Waals surface area contributed by atoms with E-state index in [1.54, 1.807) is 0 Å². The molecule has 0 spiro atoms. The molecule has 3 aliphatic rings. The summed E-state index contributed by atoms with van der Waals surface area (Å²) >= 11 is 0. The second kappa shape index (κ2) is 5.18. The summed E-state index contributed by atoms with van der Waals surface area (Å²) < 4.78 is 0. The van der Waals surface area contributed by atoms with E-state index in [2.05, 4.69) is 20.2 Å². The van der Waals surface area contributed by atoms with Gasteiger partial charge >= 0.3 is 0 Å². The largest absolute Gasteiger partial charge is 0.338 e. The molecular formula is C13H20N4O. The van der Waals surface area contributed by atoms with Gasteiger partial charge in [0.25, 0.3) is 5.91 Å². The topological polar surface area (TPSA) is 57.1 Å². The van der Waals surface area contributed by atoms with Crippen molar-refractivity contribution in [2.75, 3.05) is 26.2 Å². The van der Waals surface area contributed by atoms with Crippen LogP contribution in [0.4, 0.5) is 0 Å². The lowest BCUT2D eigenvalue weighted by atomic mass is 9.96. The average molecular weight is 248 g/mol. The Morgan fingerprint density at radius 3 is 2.78 bits per heavy atom. The standard InChI is InChI=1S/C13H20N4O/c18-12-10-4-2-1-3-5-11(10)15-13(16-12)17-8-6-14-7-9-17/h10,14H,1-9H2. The van der Waals surface area contributed by atoms with Crippen LogP contribution >= 0.6 is 0 Å². The Labute approximate surface area is 107 Å². The Morgan fingerprint density at radius 2 is 1.94 bits per heavy atom. The van der Waals surface area contributed by atoms with Crippen molar-refractivity contribution in [1.82, 2.24) is 10.2 Å². The molecule has 5 nitrogen and oxygen atoms in total. The smallest absolute Gasteiger partial charge is 0.257 e. The number of piperazine rings is 1. The van der Waals surface area contributed by atoms with E-state index in [0.29, 0.717) is 5.96 Å². The molecule has 2 fully saturated rings. The molecule has 3 rings (SSSR count). The fourth-order valence-electron chi connectivity index (χ4n) is 2.91. The third-order valence-corrected chi connectivity index (χ3v) is 3.98. The van der Waals surface area contributed by atoms with E-state index in [0.717, 1.165) is 57.6 Å². The van der Waals surface area contributed by atoms with E-state index in [-0.39, 0.29) is 11.8 Å². The van der Waals surface area contributed by atoms with Gasteiger partial charge in [-0.05, 0) is 19.3 Å². The van der Waals surface area contributed by atoms with Crippen molar-refractivity contribution in [3.8, 4) is 0 Å². The molecule has 18 heavy (non-hydrogen) atoms. The number of nitrogens with one attached hydrogen (secondary N) is 1. The number of guanidine groups is 1. The number of fused-ring (bicyclic) bond motifs is 1. The second-order valence-corrected chi connectivity index (χ2v) is 5.24. The molecule has 98 valence electrons. The summed E-state index contributed by atoms with van der Waals surface area (Å²) in [6, 6.07) is 0. The highest BCUT2D eigenvalue weighted by molar-refractivity contribution is 6.15. The molecule has 0 aromatic heterocycles. The molecule has 0 radical (unpaired) electrons. The quantitative estimate of drug-likeness (QED) is 0.690. The second-order valence-electron chi connectivity index (χ2n) is 5.24. The lowest BCUT2D eigenvalue weighted by Crippen LogP contribution is -2.47. The predicted molar refractivity (Wildman–Crippen MR) is 70.9 cm³/mol. The zero-order chi connectivity index (χ0) is 12.4. The van der Waals surface area contributed by atoms with Crippen LogP contribution in [0, 0.1) is 5.92 Å². The number of carbonyl (C=O) groups is 1. The Balaban J connectivity index is 1.81. The highest BCUT2D eigenvalue weighted by atomic mass is 16.1. The van der Waals surface area contributed by atoms with Gasteiger partial charge in [-0.2, -0.15) is 4.99 Å². The molecule has 2 aliphatic heterocycles. The van der Waals surface area contributed by atoms with Gasteiger partial charge in [-0.25, -0.2) is 4.99 Å². The highest BCUT2D eigenvalue weighted by Gasteiger charge is 2.31. The molecule has 1 saturated heterocycles. The van der Waals surface area contributed by atoms with Crippen LogP contribution in [0.1, 0.15) is 32.1 Å². The van der Waals surface area contributed by atoms with Crippen molar-refractivity contribution < 1.29 is 4.79 Å². The summed E-state index contributed by atoms with van der Waals surface area (Å²) in [7, 11) is 0. The Morgan fingerprint density at radius 1 is 1.11 bits per heavy atom. The molecule has 1 atom stereocenters. The van der Waals surface area contributed by atoms with Crippen LogP contribution in [0.15, 0.2) is 9.98 Å². The molecule has 0 aromatic carbocycles. The van der Waals surface area contributed by atoms with Crippen molar-refractivity contribution in [2.24, 2.45) is 15.9 Å². The van der Waals surface area contributed by atoms with Crippen LogP contribution in [0.25, 0.3) is 0 Å². The number of nitrogens with zero attached hydrogens (tertiary/aromatic N) is 3. The van der Waals surface area contributed by atoms with Crippen LogP contribution in [-0.4, -0.2) is 48.7 Å². The van der Waals surface area contributed by atoms with Gasteiger partial charge in [0.15, 0.2) is 0 Å². The minimum absolute atomic E-state index is 0.0147. The highest BCUT2D eigenvalue weighted by Crippen LogP contribution is 2.25. The summed E-state index contributed by atoms with van der Waals surface area (Å²) in [4.78, 5) is 23.2. The van der Waals surface area contributed by atoms with Crippen molar-refractivity contribution >= 4 is 17.6 Å². The monoisotopic (exact) mass is 248 g/mol. The first-order valence-electron chi connectivity index (χ1n) is 7.00. The van der Waals surface area contributed by atoms with Crippen molar-refractivity contribution in [3.05, 3.63) is 0 Å².